The van der Waals surface area contributed by atoms with E-state index >= 15 is 0 Å². The van der Waals surface area contributed by atoms with Crippen molar-refractivity contribution < 1.29 is 0 Å². The molecule has 1 aromatic heterocycles. The van der Waals surface area contributed by atoms with Crippen LogP contribution in [0.3, 0.4) is 0 Å². The van der Waals surface area contributed by atoms with Crippen molar-refractivity contribution in [1.82, 2.24) is 10.3 Å². The Morgan fingerprint density at radius 3 is 3.14 bits per heavy atom. The first-order valence-corrected chi connectivity index (χ1v) is 5.97. The number of halogens is 1. The number of hydrogen-bond donors (Lipinski definition) is 2. The number of hydrogen-bond acceptors (Lipinski definition) is 3. The molecular weight excluding hydrogens is 289 g/mol. The number of rotatable bonds is 1. The smallest absolute Gasteiger partial charge is 0.126 e. The summed E-state index contributed by atoms with van der Waals surface area (Å²) in [5.74, 6) is 1.24. The number of piperidine rings is 1. The summed E-state index contributed by atoms with van der Waals surface area (Å²) in [4.78, 5) is 4.20. The van der Waals surface area contributed by atoms with E-state index in [1.54, 1.807) is 0 Å². The van der Waals surface area contributed by atoms with Crippen LogP contribution in [-0.2, 0) is 0 Å². The van der Waals surface area contributed by atoms with Crippen LogP contribution in [0.15, 0.2) is 12.3 Å². The second-order valence-corrected chi connectivity index (χ2v) is 4.92. The first-order chi connectivity index (χ1) is 6.77. The third-order valence-corrected chi connectivity index (χ3v) is 3.24. The number of nitrogens with two attached hydrogens (primary N) is 1. The van der Waals surface area contributed by atoms with Crippen molar-refractivity contribution in [2.45, 2.75) is 18.8 Å². The van der Waals surface area contributed by atoms with Crippen LogP contribution < -0.4 is 11.1 Å². The van der Waals surface area contributed by atoms with Gasteiger partial charge in [0, 0.05) is 22.2 Å². The van der Waals surface area contributed by atoms with Gasteiger partial charge in [-0.15, -0.1) is 0 Å². The van der Waals surface area contributed by atoms with Crippen molar-refractivity contribution in [1.29, 1.82) is 0 Å². The molecule has 1 fully saturated rings. The Kier molecular flexibility index (Phi) is 3.22. The summed E-state index contributed by atoms with van der Waals surface area (Å²) < 4.78 is 1.16. The lowest BCUT2D eigenvalue weighted by atomic mass is 9.92. The zero-order chi connectivity index (χ0) is 9.97. The van der Waals surface area contributed by atoms with Crippen molar-refractivity contribution >= 4 is 28.4 Å². The van der Waals surface area contributed by atoms with Crippen LogP contribution in [0.1, 0.15) is 24.3 Å². The minimum absolute atomic E-state index is 0.547. The fourth-order valence-corrected chi connectivity index (χ4v) is 2.38. The standard InChI is InChI=1S/C10H14IN3/c11-8-4-9(10(12)14-6-8)7-2-1-3-13-5-7/h4,6-7,13H,1-3,5H2,(H2,12,14). The van der Waals surface area contributed by atoms with E-state index in [0.717, 1.165) is 16.7 Å². The predicted molar refractivity (Wildman–Crippen MR) is 66.2 cm³/mol. The molecular formula is C10H14IN3. The number of anilines is 1. The highest BCUT2D eigenvalue weighted by Gasteiger charge is 2.18. The van der Waals surface area contributed by atoms with Crippen LogP contribution >= 0.6 is 22.6 Å². The third kappa shape index (κ3) is 2.17. The molecule has 76 valence electrons. The fraction of sp³-hybridized carbons (Fsp3) is 0.500. The first kappa shape index (κ1) is 10.2. The lowest BCUT2D eigenvalue weighted by Gasteiger charge is -2.23. The van der Waals surface area contributed by atoms with Gasteiger partial charge in [0.2, 0.25) is 0 Å². The van der Waals surface area contributed by atoms with Gasteiger partial charge in [-0.05, 0) is 53.6 Å². The van der Waals surface area contributed by atoms with Crippen LogP contribution in [0.25, 0.3) is 0 Å². The zero-order valence-electron chi connectivity index (χ0n) is 7.96. The summed E-state index contributed by atoms with van der Waals surface area (Å²) in [7, 11) is 0. The zero-order valence-corrected chi connectivity index (χ0v) is 10.1. The molecule has 0 aliphatic carbocycles. The molecule has 0 bridgehead atoms. The quantitative estimate of drug-likeness (QED) is 0.777. The van der Waals surface area contributed by atoms with Gasteiger partial charge in [0.1, 0.15) is 5.82 Å². The highest BCUT2D eigenvalue weighted by atomic mass is 127. The minimum atomic E-state index is 0.547. The summed E-state index contributed by atoms with van der Waals surface area (Å²) in [6.07, 6.45) is 4.27. The monoisotopic (exact) mass is 303 g/mol. The van der Waals surface area contributed by atoms with Crippen LogP contribution in [-0.4, -0.2) is 18.1 Å². The summed E-state index contributed by atoms with van der Waals surface area (Å²) in [5.41, 5.74) is 7.09. The molecule has 0 amide bonds. The normalized spacial score (nSPS) is 22.2. The Hall–Kier alpha value is -0.360. The summed E-state index contributed by atoms with van der Waals surface area (Å²) >= 11 is 2.28. The Morgan fingerprint density at radius 2 is 2.43 bits per heavy atom. The van der Waals surface area contributed by atoms with Gasteiger partial charge in [0.25, 0.3) is 0 Å². The van der Waals surface area contributed by atoms with Crippen molar-refractivity contribution in [2.24, 2.45) is 0 Å². The van der Waals surface area contributed by atoms with E-state index in [1.165, 1.54) is 18.4 Å². The van der Waals surface area contributed by atoms with Gasteiger partial charge in [0.15, 0.2) is 0 Å². The molecule has 0 saturated carbocycles. The number of aromatic nitrogens is 1. The molecule has 2 rings (SSSR count). The van der Waals surface area contributed by atoms with E-state index in [9.17, 15) is 0 Å². The SMILES string of the molecule is Nc1ncc(I)cc1C1CCCNC1. The van der Waals surface area contributed by atoms with Crippen LogP contribution in [0, 0.1) is 3.57 Å². The molecule has 14 heavy (non-hydrogen) atoms. The Bertz CT molecular complexity index is 321. The van der Waals surface area contributed by atoms with E-state index < -0.39 is 0 Å². The molecule has 1 aromatic rings. The largest absolute Gasteiger partial charge is 0.383 e. The molecule has 0 aromatic carbocycles. The van der Waals surface area contributed by atoms with E-state index in [1.807, 2.05) is 6.20 Å². The molecule has 1 aliphatic rings. The maximum atomic E-state index is 5.88. The van der Waals surface area contributed by atoms with Crippen LogP contribution in [0.2, 0.25) is 0 Å². The second kappa shape index (κ2) is 4.44. The number of nitrogens with zero attached hydrogens (tertiary/aromatic N) is 1. The number of nitrogens with one attached hydrogen (secondary N) is 1. The van der Waals surface area contributed by atoms with Crippen LogP contribution in [0.5, 0.6) is 0 Å². The Labute approximate surface area is 97.6 Å². The van der Waals surface area contributed by atoms with Crippen molar-refractivity contribution in [3.05, 3.63) is 21.4 Å². The van der Waals surface area contributed by atoms with Crippen molar-refractivity contribution in [3.63, 3.8) is 0 Å². The number of pyridine rings is 1. The predicted octanol–water partition coefficient (Wildman–Crippen LogP) is 1.74. The molecule has 0 radical (unpaired) electrons. The summed E-state index contributed by atoms with van der Waals surface area (Å²) in [5, 5.41) is 3.39. The topological polar surface area (TPSA) is 50.9 Å². The molecule has 3 N–H and O–H groups in total. The van der Waals surface area contributed by atoms with Gasteiger partial charge >= 0.3 is 0 Å². The lowest BCUT2D eigenvalue weighted by Crippen LogP contribution is -2.29. The van der Waals surface area contributed by atoms with Gasteiger partial charge in [-0.25, -0.2) is 4.98 Å². The lowest BCUT2D eigenvalue weighted by molar-refractivity contribution is 0.462. The molecule has 0 spiro atoms. The second-order valence-electron chi connectivity index (χ2n) is 3.67. The number of nitrogen functional groups attached to an aromatic ring is 1. The van der Waals surface area contributed by atoms with Crippen LogP contribution in [0.4, 0.5) is 5.82 Å². The van der Waals surface area contributed by atoms with Gasteiger partial charge in [0.05, 0.1) is 0 Å². The first-order valence-electron chi connectivity index (χ1n) is 4.89. The molecule has 1 aliphatic heterocycles. The van der Waals surface area contributed by atoms with E-state index in [-0.39, 0.29) is 0 Å². The highest BCUT2D eigenvalue weighted by molar-refractivity contribution is 14.1. The highest BCUT2D eigenvalue weighted by Crippen LogP contribution is 2.27. The average molecular weight is 303 g/mol. The fourth-order valence-electron chi connectivity index (χ4n) is 1.91. The van der Waals surface area contributed by atoms with Crippen molar-refractivity contribution in [3.8, 4) is 0 Å². The van der Waals surface area contributed by atoms with Crippen molar-refractivity contribution in [2.75, 3.05) is 18.8 Å². The van der Waals surface area contributed by atoms with Gasteiger partial charge in [-0.3, -0.25) is 0 Å². The summed E-state index contributed by atoms with van der Waals surface area (Å²) in [6, 6.07) is 2.15. The maximum Gasteiger partial charge on any atom is 0.126 e. The molecule has 1 unspecified atom stereocenters. The van der Waals surface area contributed by atoms with Gasteiger partial charge in [-0.2, -0.15) is 0 Å². The molecule has 4 heteroatoms. The molecule has 1 atom stereocenters. The maximum absolute atomic E-state index is 5.88. The summed E-state index contributed by atoms with van der Waals surface area (Å²) in [6.45, 7) is 2.17. The Balaban J connectivity index is 2.24. The van der Waals surface area contributed by atoms with E-state index in [0.29, 0.717) is 11.7 Å². The van der Waals surface area contributed by atoms with Gasteiger partial charge < -0.3 is 11.1 Å². The molecule has 2 heterocycles. The molecule has 1 saturated heterocycles. The van der Waals surface area contributed by atoms with E-state index in [2.05, 4.69) is 39.0 Å². The minimum Gasteiger partial charge on any atom is -0.383 e. The molecule has 3 nitrogen and oxygen atoms in total. The Morgan fingerprint density at radius 1 is 1.57 bits per heavy atom. The third-order valence-electron chi connectivity index (χ3n) is 2.65. The van der Waals surface area contributed by atoms with E-state index in [4.69, 9.17) is 5.73 Å². The average Bonchev–Trinajstić information content (AvgIpc) is 2.23. The van der Waals surface area contributed by atoms with Gasteiger partial charge in [-0.1, -0.05) is 0 Å².